The number of rotatable bonds is 16. The lowest BCUT2D eigenvalue weighted by Gasteiger charge is -2.38. The van der Waals surface area contributed by atoms with Crippen molar-refractivity contribution in [2.45, 2.75) is 38.1 Å². The molecule has 3 aromatic rings. The molecule has 45 heavy (non-hydrogen) atoms. The van der Waals surface area contributed by atoms with Crippen LogP contribution in [0, 0.1) is 5.92 Å². The van der Waals surface area contributed by atoms with Crippen LogP contribution in [0.2, 0.25) is 0 Å². The lowest BCUT2D eigenvalue weighted by molar-refractivity contribution is -0.140. The number of ether oxygens (including phenoxy) is 4. The molecule has 4 rings (SSSR count). The molecular weight excluding hydrogens is 593 g/mol. The van der Waals surface area contributed by atoms with Gasteiger partial charge in [-0.15, -0.1) is 0 Å². The van der Waals surface area contributed by atoms with Gasteiger partial charge in [-0.25, -0.2) is 4.79 Å². The zero-order valence-electron chi connectivity index (χ0n) is 26.0. The fourth-order valence-electron chi connectivity index (χ4n) is 5.77. The SMILES string of the molecule is COC(=O)c1ccc(OC)c(NCc2cc3c(NC4CCN(C)CC4CCOCCOCCO)cccc3n2CC(F)(F)F)c1. The quantitative estimate of drug-likeness (QED) is 0.152. The Labute approximate surface area is 261 Å². The Kier molecular flexibility index (Phi) is 12.3. The summed E-state index contributed by atoms with van der Waals surface area (Å²) in [5, 5.41) is 16.3. The number of alkyl halides is 3. The fraction of sp³-hybridized carbons (Fsp3) is 0.531. The first-order valence-corrected chi connectivity index (χ1v) is 15.0. The molecule has 13 heteroatoms. The molecule has 3 N–H and O–H groups in total. The van der Waals surface area contributed by atoms with Crippen molar-refractivity contribution in [2.75, 3.05) is 78.0 Å². The molecule has 0 bridgehead atoms. The molecule has 0 spiro atoms. The Morgan fingerprint density at radius 2 is 1.82 bits per heavy atom. The lowest BCUT2D eigenvalue weighted by Crippen LogP contribution is -2.45. The number of aliphatic hydroxyl groups excluding tert-OH is 1. The van der Waals surface area contributed by atoms with Crippen molar-refractivity contribution in [3.05, 3.63) is 53.7 Å². The lowest BCUT2D eigenvalue weighted by atomic mass is 9.89. The molecule has 0 saturated carbocycles. The third-order valence-corrected chi connectivity index (χ3v) is 7.97. The maximum Gasteiger partial charge on any atom is 0.406 e. The zero-order valence-corrected chi connectivity index (χ0v) is 26.0. The third kappa shape index (κ3) is 9.49. The number of nitrogens with zero attached hydrogens (tertiary/aromatic N) is 2. The van der Waals surface area contributed by atoms with Crippen LogP contribution in [0.4, 0.5) is 24.5 Å². The second-order valence-corrected chi connectivity index (χ2v) is 11.1. The number of benzene rings is 2. The van der Waals surface area contributed by atoms with Crippen molar-refractivity contribution < 1.29 is 42.0 Å². The predicted octanol–water partition coefficient (Wildman–Crippen LogP) is 4.76. The van der Waals surface area contributed by atoms with Gasteiger partial charge in [-0.3, -0.25) is 0 Å². The smallest absolute Gasteiger partial charge is 0.406 e. The Morgan fingerprint density at radius 1 is 1.04 bits per heavy atom. The number of hydrogen-bond donors (Lipinski definition) is 3. The number of anilines is 2. The highest BCUT2D eigenvalue weighted by molar-refractivity contribution is 5.94. The highest BCUT2D eigenvalue weighted by atomic mass is 19.4. The van der Waals surface area contributed by atoms with Crippen molar-refractivity contribution in [1.29, 1.82) is 0 Å². The van der Waals surface area contributed by atoms with Gasteiger partial charge in [0.05, 0.1) is 64.0 Å². The molecular formula is C32H43F3N4O6. The monoisotopic (exact) mass is 636 g/mol. The maximum atomic E-state index is 13.8. The van der Waals surface area contributed by atoms with E-state index >= 15 is 0 Å². The Hall–Kier alpha value is -3.52. The average Bonchev–Trinajstić information content (AvgIpc) is 3.36. The van der Waals surface area contributed by atoms with Crippen LogP contribution < -0.4 is 15.4 Å². The van der Waals surface area contributed by atoms with Crippen molar-refractivity contribution >= 4 is 28.2 Å². The topological polar surface area (TPSA) is 106 Å². The second kappa shape index (κ2) is 16.2. The third-order valence-electron chi connectivity index (χ3n) is 7.97. The number of nitrogens with one attached hydrogen (secondary N) is 2. The van der Waals surface area contributed by atoms with Gasteiger partial charge in [0.15, 0.2) is 0 Å². The van der Waals surface area contributed by atoms with Gasteiger partial charge < -0.3 is 44.2 Å². The summed E-state index contributed by atoms with van der Waals surface area (Å²) in [6.45, 7) is 2.37. The van der Waals surface area contributed by atoms with Crippen LogP contribution >= 0.6 is 0 Å². The zero-order chi connectivity index (χ0) is 32.4. The summed E-state index contributed by atoms with van der Waals surface area (Å²) in [6, 6.07) is 12.0. The van der Waals surface area contributed by atoms with Gasteiger partial charge in [-0.1, -0.05) is 6.07 Å². The first-order chi connectivity index (χ1) is 21.6. The molecule has 1 saturated heterocycles. The molecule has 2 atom stereocenters. The van der Waals surface area contributed by atoms with Gasteiger partial charge in [0, 0.05) is 36.0 Å². The molecule has 248 valence electrons. The number of methoxy groups -OCH3 is 2. The van der Waals surface area contributed by atoms with Crippen molar-refractivity contribution in [3.8, 4) is 5.75 Å². The number of esters is 1. The Balaban J connectivity index is 1.56. The number of carbonyl (C=O) groups excluding carboxylic acids is 1. The normalized spacial score (nSPS) is 17.4. The maximum absolute atomic E-state index is 13.8. The number of piperidine rings is 1. The highest BCUT2D eigenvalue weighted by Crippen LogP contribution is 2.34. The van der Waals surface area contributed by atoms with E-state index in [1.54, 1.807) is 36.4 Å². The van der Waals surface area contributed by atoms with Gasteiger partial charge in [0.2, 0.25) is 0 Å². The number of fused-ring (bicyclic) bond motifs is 1. The summed E-state index contributed by atoms with van der Waals surface area (Å²) in [5.74, 6) is 0.178. The number of halogens is 3. The summed E-state index contributed by atoms with van der Waals surface area (Å²) < 4.78 is 64.0. The standard InChI is InChI=1S/C32H43F3N4O6/c1-38-11-9-26(23(20-38)10-13-44-15-16-45-14-12-40)37-27-5-4-6-29-25(27)18-24(39(29)21-32(33,34)35)19-36-28-17-22(31(41)43-3)7-8-30(28)42-2/h4-8,17-18,23,26,36-37,40H,9-16,19-21H2,1-3H3. The molecule has 10 nitrogen and oxygen atoms in total. The van der Waals surface area contributed by atoms with E-state index in [1.807, 2.05) is 6.07 Å². The van der Waals surface area contributed by atoms with Gasteiger partial charge in [-0.2, -0.15) is 13.2 Å². The molecule has 1 fully saturated rings. The molecule has 1 aliphatic heterocycles. The summed E-state index contributed by atoms with van der Waals surface area (Å²) in [4.78, 5) is 14.4. The van der Waals surface area contributed by atoms with Gasteiger partial charge in [0.1, 0.15) is 12.3 Å². The van der Waals surface area contributed by atoms with Crippen LogP contribution in [0.25, 0.3) is 10.9 Å². The Bertz CT molecular complexity index is 1400. The minimum absolute atomic E-state index is 0.0221. The van der Waals surface area contributed by atoms with Crippen LogP contribution in [0.3, 0.4) is 0 Å². The molecule has 1 aromatic heterocycles. The first kappa shape index (κ1) is 34.4. The van der Waals surface area contributed by atoms with Gasteiger partial charge in [0.25, 0.3) is 0 Å². The average molecular weight is 637 g/mol. The van der Waals surface area contributed by atoms with E-state index in [2.05, 4.69) is 22.6 Å². The van der Waals surface area contributed by atoms with Gasteiger partial charge in [-0.05, 0) is 68.8 Å². The van der Waals surface area contributed by atoms with Crippen LogP contribution in [-0.4, -0.2) is 100 Å². The van der Waals surface area contributed by atoms with Crippen LogP contribution in [0.5, 0.6) is 5.75 Å². The van der Waals surface area contributed by atoms with E-state index in [4.69, 9.17) is 24.1 Å². The molecule has 0 radical (unpaired) electrons. The highest BCUT2D eigenvalue weighted by Gasteiger charge is 2.31. The molecule has 0 amide bonds. The van der Waals surface area contributed by atoms with Crippen molar-refractivity contribution in [2.24, 2.45) is 5.92 Å². The second-order valence-electron chi connectivity index (χ2n) is 11.1. The Morgan fingerprint density at radius 3 is 2.53 bits per heavy atom. The molecule has 2 unspecified atom stereocenters. The summed E-state index contributed by atoms with van der Waals surface area (Å²) in [7, 11) is 4.84. The fourth-order valence-corrected chi connectivity index (χ4v) is 5.77. The van der Waals surface area contributed by atoms with E-state index < -0.39 is 18.7 Å². The van der Waals surface area contributed by atoms with Gasteiger partial charge >= 0.3 is 12.1 Å². The van der Waals surface area contributed by atoms with E-state index in [1.165, 1.54) is 18.8 Å². The number of carbonyl (C=O) groups is 1. The number of likely N-dealkylation sites (tertiary alicyclic amines) is 1. The summed E-state index contributed by atoms with van der Waals surface area (Å²) in [6.07, 6.45) is -2.74. The molecule has 0 aliphatic carbocycles. The number of hydrogen-bond acceptors (Lipinski definition) is 9. The predicted molar refractivity (Wildman–Crippen MR) is 166 cm³/mol. The van der Waals surface area contributed by atoms with E-state index in [0.717, 1.165) is 31.6 Å². The van der Waals surface area contributed by atoms with Crippen molar-refractivity contribution in [1.82, 2.24) is 9.47 Å². The van der Waals surface area contributed by atoms with Crippen LogP contribution in [-0.2, 0) is 27.3 Å². The first-order valence-electron chi connectivity index (χ1n) is 15.0. The van der Waals surface area contributed by atoms with Crippen molar-refractivity contribution in [3.63, 3.8) is 0 Å². The molecule has 2 aromatic carbocycles. The van der Waals surface area contributed by atoms with E-state index in [-0.39, 0.29) is 37.3 Å². The van der Waals surface area contributed by atoms with E-state index in [0.29, 0.717) is 47.9 Å². The minimum atomic E-state index is -4.44. The summed E-state index contributed by atoms with van der Waals surface area (Å²) >= 11 is 0. The summed E-state index contributed by atoms with van der Waals surface area (Å²) in [5.41, 5.74) is 2.42. The van der Waals surface area contributed by atoms with E-state index in [9.17, 15) is 18.0 Å². The number of aliphatic hydroxyl groups is 1. The largest absolute Gasteiger partial charge is 0.495 e. The minimum Gasteiger partial charge on any atom is -0.495 e. The van der Waals surface area contributed by atoms with Crippen LogP contribution in [0.1, 0.15) is 28.9 Å². The molecule has 1 aliphatic rings. The van der Waals surface area contributed by atoms with Crippen LogP contribution in [0.15, 0.2) is 42.5 Å². The number of aromatic nitrogens is 1. The molecule has 2 heterocycles.